The Hall–Kier alpha value is -2.08. The van der Waals surface area contributed by atoms with Crippen LogP contribution in [0.3, 0.4) is 0 Å². The predicted molar refractivity (Wildman–Crippen MR) is 92.5 cm³/mol. The molecule has 2 aromatic rings. The summed E-state index contributed by atoms with van der Waals surface area (Å²) < 4.78 is 0. The van der Waals surface area contributed by atoms with E-state index in [9.17, 15) is 4.79 Å². The van der Waals surface area contributed by atoms with E-state index in [0.29, 0.717) is 12.3 Å². The summed E-state index contributed by atoms with van der Waals surface area (Å²) in [6.45, 7) is 2.69. The second-order valence-electron chi connectivity index (χ2n) is 5.46. The Labute approximate surface area is 140 Å². The van der Waals surface area contributed by atoms with Crippen LogP contribution in [0.25, 0.3) is 0 Å². The Kier molecular flexibility index (Phi) is 5.47. The van der Waals surface area contributed by atoms with Gasteiger partial charge in [0.2, 0.25) is 5.91 Å². The standard InChI is InChI=1S/C17H20N4OS/c22-17(13-23-15-4-6-18-7-5-15)20-12-14-3-8-19-16(11-14)21-9-1-2-10-21/h3-8,11H,1-2,9-10,12-13H2,(H,20,22). The number of amides is 1. The fourth-order valence-electron chi connectivity index (χ4n) is 2.52. The normalized spacial score (nSPS) is 14.0. The van der Waals surface area contributed by atoms with Crippen LogP contribution < -0.4 is 10.2 Å². The van der Waals surface area contributed by atoms with Crippen molar-refractivity contribution in [2.45, 2.75) is 24.3 Å². The molecule has 0 aromatic carbocycles. The molecule has 1 amide bonds. The molecule has 0 unspecified atom stereocenters. The molecule has 0 bridgehead atoms. The van der Waals surface area contributed by atoms with E-state index in [4.69, 9.17) is 0 Å². The van der Waals surface area contributed by atoms with Gasteiger partial charge < -0.3 is 10.2 Å². The van der Waals surface area contributed by atoms with Crippen LogP contribution in [0.4, 0.5) is 5.82 Å². The lowest BCUT2D eigenvalue weighted by Crippen LogP contribution is -2.25. The Morgan fingerprint density at radius 3 is 2.74 bits per heavy atom. The second kappa shape index (κ2) is 7.97. The highest BCUT2D eigenvalue weighted by Gasteiger charge is 2.13. The Morgan fingerprint density at radius 2 is 1.96 bits per heavy atom. The summed E-state index contributed by atoms with van der Waals surface area (Å²) in [5.74, 6) is 1.46. The van der Waals surface area contributed by atoms with E-state index < -0.39 is 0 Å². The van der Waals surface area contributed by atoms with Crippen molar-refractivity contribution in [1.82, 2.24) is 15.3 Å². The van der Waals surface area contributed by atoms with Gasteiger partial charge in [-0.1, -0.05) is 0 Å². The molecular weight excluding hydrogens is 308 g/mol. The average molecular weight is 328 g/mol. The molecule has 120 valence electrons. The number of thioether (sulfide) groups is 1. The van der Waals surface area contributed by atoms with Gasteiger partial charge in [-0.3, -0.25) is 9.78 Å². The van der Waals surface area contributed by atoms with Crippen molar-refractivity contribution in [2.75, 3.05) is 23.7 Å². The largest absolute Gasteiger partial charge is 0.357 e. The summed E-state index contributed by atoms with van der Waals surface area (Å²) in [7, 11) is 0. The summed E-state index contributed by atoms with van der Waals surface area (Å²) in [6, 6.07) is 7.84. The maximum atomic E-state index is 12.0. The monoisotopic (exact) mass is 328 g/mol. The number of aromatic nitrogens is 2. The molecule has 2 aromatic heterocycles. The topological polar surface area (TPSA) is 58.1 Å². The first-order chi connectivity index (χ1) is 11.3. The van der Waals surface area contributed by atoms with E-state index in [1.54, 1.807) is 12.4 Å². The summed E-state index contributed by atoms with van der Waals surface area (Å²) >= 11 is 1.51. The zero-order valence-corrected chi connectivity index (χ0v) is 13.8. The van der Waals surface area contributed by atoms with Crippen LogP contribution in [-0.2, 0) is 11.3 Å². The van der Waals surface area contributed by atoms with Gasteiger partial charge in [-0.25, -0.2) is 4.98 Å². The SMILES string of the molecule is O=C(CSc1ccncc1)NCc1ccnc(N2CCCC2)c1. The minimum Gasteiger partial charge on any atom is -0.357 e. The lowest BCUT2D eigenvalue weighted by Gasteiger charge is -2.17. The van der Waals surface area contributed by atoms with Crippen LogP contribution in [-0.4, -0.2) is 34.7 Å². The number of rotatable bonds is 6. The first-order valence-corrected chi connectivity index (χ1v) is 8.79. The Bertz CT molecular complexity index is 644. The molecule has 3 heterocycles. The first kappa shape index (κ1) is 15.8. The number of nitrogens with one attached hydrogen (secondary N) is 1. The zero-order chi connectivity index (χ0) is 15.9. The minimum absolute atomic E-state index is 0.0337. The maximum absolute atomic E-state index is 12.0. The van der Waals surface area contributed by atoms with Gasteiger partial charge in [0.15, 0.2) is 0 Å². The number of pyridine rings is 2. The van der Waals surface area contributed by atoms with Gasteiger partial charge in [-0.2, -0.15) is 0 Å². The van der Waals surface area contributed by atoms with E-state index in [0.717, 1.165) is 29.4 Å². The smallest absolute Gasteiger partial charge is 0.230 e. The predicted octanol–water partition coefficient (Wildman–Crippen LogP) is 2.49. The summed E-state index contributed by atoms with van der Waals surface area (Å²) in [5.41, 5.74) is 1.09. The van der Waals surface area contributed by atoms with Gasteiger partial charge in [0.25, 0.3) is 0 Å². The number of hydrogen-bond acceptors (Lipinski definition) is 5. The molecule has 0 aliphatic carbocycles. The average Bonchev–Trinajstić information content (AvgIpc) is 3.14. The highest BCUT2D eigenvalue weighted by atomic mass is 32.2. The van der Waals surface area contributed by atoms with Crippen LogP contribution in [0.1, 0.15) is 18.4 Å². The third-order valence-electron chi connectivity index (χ3n) is 3.75. The highest BCUT2D eigenvalue weighted by Crippen LogP contribution is 2.19. The lowest BCUT2D eigenvalue weighted by atomic mass is 10.2. The summed E-state index contributed by atoms with van der Waals surface area (Å²) in [6.07, 6.45) is 7.75. The van der Waals surface area contributed by atoms with Crippen molar-refractivity contribution in [3.8, 4) is 0 Å². The molecule has 3 rings (SSSR count). The van der Waals surface area contributed by atoms with Gasteiger partial charge in [0.1, 0.15) is 5.82 Å². The molecule has 0 spiro atoms. The maximum Gasteiger partial charge on any atom is 0.230 e. The van der Waals surface area contributed by atoms with Crippen LogP contribution in [0, 0.1) is 0 Å². The van der Waals surface area contributed by atoms with E-state index in [1.807, 2.05) is 24.4 Å². The first-order valence-electron chi connectivity index (χ1n) is 7.81. The van der Waals surface area contributed by atoms with Gasteiger partial charge in [0.05, 0.1) is 5.75 Å². The summed E-state index contributed by atoms with van der Waals surface area (Å²) in [4.78, 5) is 23.7. The molecule has 1 aliphatic heterocycles. The molecule has 23 heavy (non-hydrogen) atoms. The van der Waals surface area contributed by atoms with Gasteiger partial charge in [0, 0.05) is 43.1 Å². The third-order valence-corrected chi connectivity index (χ3v) is 4.76. The third kappa shape index (κ3) is 4.69. The molecule has 1 saturated heterocycles. The minimum atomic E-state index is 0.0337. The number of nitrogens with zero attached hydrogens (tertiary/aromatic N) is 3. The molecule has 1 N–H and O–H groups in total. The molecule has 0 radical (unpaired) electrons. The zero-order valence-electron chi connectivity index (χ0n) is 12.9. The molecule has 1 fully saturated rings. The van der Waals surface area contributed by atoms with Crippen molar-refractivity contribution in [3.05, 3.63) is 48.4 Å². The van der Waals surface area contributed by atoms with E-state index in [-0.39, 0.29) is 5.91 Å². The van der Waals surface area contributed by atoms with Crippen molar-refractivity contribution < 1.29 is 4.79 Å². The summed E-state index contributed by atoms with van der Waals surface area (Å²) in [5, 5.41) is 2.97. The Balaban J connectivity index is 1.48. The van der Waals surface area contributed by atoms with Gasteiger partial charge >= 0.3 is 0 Å². The van der Waals surface area contributed by atoms with Crippen molar-refractivity contribution in [3.63, 3.8) is 0 Å². The van der Waals surface area contributed by atoms with E-state index in [2.05, 4.69) is 26.3 Å². The molecule has 5 nitrogen and oxygen atoms in total. The van der Waals surface area contributed by atoms with Gasteiger partial charge in [-0.05, 0) is 42.7 Å². The molecule has 0 saturated carbocycles. The Morgan fingerprint density at radius 1 is 1.17 bits per heavy atom. The van der Waals surface area contributed by atoms with Crippen LogP contribution in [0.5, 0.6) is 0 Å². The molecule has 1 aliphatic rings. The van der Waals surface area contributed by atoms with Crippen molar-refractivity contribution in [1.29, 1.82) is 0 Å². The second-order valence-corrected chi connectivity index (χ2v) is 6.51. The van der Waals surface area contributed by atoms with E-state index >= 15 is 0 Å². The van der Waals surface area contributed by atoms with Crippen molar-refractivity contribution >= 4 is 23.5 Å². The molecule has 0 atom stereocenters. The fourth-order valence-corrected chi connectivity index (χ4v) is 3.24. The fraction of sp³-hybridized carbons (Fsp3) is 0.353. The lowest BCUT2D eigenvalue weighted by molar-refractivity contribution is -0.118. The van der Waals surface area contributed by atoms with E-state index in [1.165, 1.54) is 24.6 Å². The van der Waals surface area contributed by atoms with Crippen molar-refractivity contribution in [2.24, 2.45) is 0 Å². The number of carbonyl (C=O) groups excluding carboxylic acids is 1. The number of anilines is 1. The molecule has 6 heteroatoms. The van der Waals surface area contributed by atoms with Crippen LogP contribution >= 0.6 is 11.8 Å². The highest BCUT2D eigenvalue weighted by molar-refractivity contribution is 8.00. The molecular formula is C17H20N4OS. The van der Waals surface area contributed by atoms with Crippen LogP contribution in [0.15, 0.2) is 47.8 Å². The quantitative estimate of drug-likeness (QED) is 0.826. The van der Waals surface area contributed by atoms with Crippen LogP contribution in [0.2, 0.25) is 0 Å². The van der Waals surface area contributed by atoms with Gasteiger partial charge in [-0.15, -0.1) is 11.8 Å². The number of hydrogen-bond donors (Lipinski definition) is 1. The number of carbonyl (C=O) groups is 1.